The Balaban J connectivity index is 2.20. The molecule has 106 valence electrons. The van der Waals surface area contributed by atoms with Crippen molar-refractivity contribution in [3.63, 3.8) is 0 Å². The second-order valence-electron chi connectivity index (χ2n) is 4.51. The van der Waals surface area contributed by atoms with Crippen molar-refractivity contribution in [1.29, 1.82) is 0 Å². The lowest BCUT2D eigenvalue weighted by Gasteiger charge is -2.14. The first-order chi connectivity index (χ1) is 9.61. The van der Waals surface area contributed by atoms with Gasteiger partial charge in [0, 0.05) is 15.7 Å². The van der Waals surface area contributed by atoms with Crippen molar-refractivity contribution >= 4 is 50.1 Å². The number of hydrogen-bond acceptors (Lipinski definition) is 1. The van der Waals surface area contributed by atoms with Gasteiger partial charge >= 0.3 is 0 Å². The van der Waals surface area contributed by atoms with E-state index < -0.39 is 0 Å². The first-order valence-corrected chi connectivity index (χ1v) is 8.66. The zero-order valence-electron chi connectivity index (χ0n) is 11.1. The van der Waals surface area contributed by atoms with Crippen molar-refractivity contribution in [2.75, 3.05) is 13.7 Å². The van der Waals surface area contributed by atoms with Gasteiger partial charge in [-0.2, -0.15) is 0 Å². The van der Waals surface area contributed by atoms with Gasteiger partial charge in [-0.25, -0.2) is 0 Å². The van der Waals surface area contributed by atoms with Crippen molar-refractivity contribution in [3.8, 4) is 0 Å². The van der Waals surface area contributed by atoms with Gasteiger partial charge in [-0.1, -0.05) is 51.8 Å². The summed E-state index contributed by atoms with van der Waals surface area (Å²) in [7, 11) is 1.73. The van der Waals surface area contributed by atoms with Crippen LogP contribution in [-0.2, 0) is 11.2 Å². The average molecular weight is 466 g/mol. The van der Waals surface area contributed by atoms with Crippen molar-refractivity contribution < 1.29 is 4.74 Å². The molecule has 1 unspecified atom stereocenters. The molecule has 2 aromatic rings. The third-order valence-corrected chi connectivity index (χ3v) is 5.34. The van der Waals surface area contributed by atoms with Gasteiger partial charge in [0.1, 0.15) is 0 Å². The van der Waals surface area contributed by atoms with Gasteiger partial charge in [0.05, 0.1) is 11.4 Å². The summed E-state index contributed by atoms with van der Waals surface area (Å²) in [5, 5.41) is 0.765. The van der Waals surface area contributed by atoms with Crippen LogP contribution in [0.4, 0.5) is 0 Å². The smallest absolute Gasteiger partial charge is 0.0655 e. The number of hydrogen-bond donors (Lipinski definition) is 0. The van der Waals surface area contributed by atoms with Crippen LogP contribution in [0.5, 0.6) is 0 Å². The molecule has 1 atom stereocenters. The lowest BCUT2D eigenvalue weighted by Crippen LogP contribution is -1.98. The second kappa shape index (κ2) is 7.78. The molecular weight excluding hydrogens is 450 g/mol. The molecule has 0 saturated carbocycles. The molecule has 0 aromatic heterocycles. The Morgan fingerprint density at radius 2 is 1.90 bits per heavy atom. The topological polar surface area (TPSA) is 9.23 Å². The van der Waals surface area contributed by atoms with Gasteiger partial charge in [0.2, 0.25) is 0 Å². The Morgan fingerprint density at radius 3 is 2.55 bits per heavy atom. The van der Waals surface area contributed by atoms with E-state index in [0.717, 1.165) is 18.1 Å². The Bertz CT molecular complexity index is 571. The molecule has 1 nitrogen and oxygen atoms in total. The van der Waals surface area contributed by atoms with Crippen molar-refractivity contribution in [2.24, 2.45) is 0 Å². The van der Waals surface area contributed by atoms with Crippen LogP contribution in [0, 0.1) is 3.57 Å². The molecule has 0 heterocycles. The van der Waals surface area contributed by atoms with Crippen LogP contribution >= 0.6 is 50.1 Å². The van der Waals surface area contributed by atoms with Crippen molar-refractivity contribution in [1.82, 2.24) is 0 Å². The minimum Gasteiger partial charge on any atom is -0.384 e. The van der Waals surface area contributed by atoms with Crippen LogP contribution in [0.25, 0.3) is 0 Å². The highest BCUT2D eigenvalue weighted by atomic mass is 127. The first kappa shape index (κ1) is 16.3. The summed E-state index contributed by atoms with van der Waals surface area (Å²) in [4.78, 5) is 0.157. The molecule has 0 aliphatic carbocycles. The number of methoxy groups -OCH3 is 1. The van der Waals surface area contributed by atoms with Crippen molar-refractivity contribution in [3.05, 3.63) is 67.7 Å². The molecule has 0 aliphatic heterocycles. The third kappa shape index (κ3) is 4.20. The fourth-order valence-electron chi connectivity index (χ4n) is 1.96. The van der Waals surface area contributed by atoms with E-state index in [4.69, 9.17) is 16.3 Å². The monoisotopic (exact) mass is 464 g/mol. The summed E-state index contributed by atoms with van der Waals surface area (Å²) in [6, 6.07) is 14.6. The number of ether oxygens (including phenoxy) is 1. The van der Waals surface area contributed by atoms with Gasteiger partial charge in [0.25, 0.3) is 0 Å². The summed E-state index contributed by atoms with van der Waals surface area (Å²) >= 11 is 12.2. The molecule has 2 aromatic carbocycles. The summed E-state index contributed by atoms with van der Waals surface area (Å²) in [6.07, 6.45) is 0.943. The maximum atomic E-state index is 6.09. The standard InChI is InChI=1S/C16H15BrClIO/c1-20-9-8-11-2-4-12(5-3-11)16(17)14-10-13(18)6-7-15(14)19/h2-7,10,16H,8-9H2,1H3. The molecule has 2 rings (SSSR count). The third-order valence-electron chi connectivity index (χ3n) is 3.10. The molecule has 0 spiro atoms. The Kier molecular flexibility index (Phi) is 6.33. The summed E-state index contributed by atoms with van der Waals surface area (Å²) < 4.78 is 6.30. The van der Waals surface area contributed by atoms with E-state index in [9.17, 15) is 0 Å². The van der Waals surface area contributed by atoms with E-state index in [2.05, 4.69) is 62.8 Å². The zero-order valence-corrected chi connectivity index (χ0v) is 15.6. The molecule has 0 amide bonds. The van der Waals surface area contributed by atoms with Gasteiger partial charge in [-0.3, -0.25) is 0 Å². The highest BCUT2D eigenvalue weighted by Crippen LogP contribution is 2.35. The predicted octanol–water partition coefficient (Wildman–Crippen LogP) is 5.62. The number of rotatable bonds is 5. The number of benzene rings is 2. The van der Waals surface area contributed by atoms with E-state index in [0.29, 0.717) is 0 Å². The minimum absolute atomic E-state index is 0.157. The lowest BCUT2D eigenvalue weighted by molar-refractivity contribution is 0.202. The van der Waals surface area contributed by atoms with Crippen LogP contribution in [0.3, 0.4) is 0 Å². The highest BCUT2D eigenvalue weighted by molar-refractivity contribution is 14.1. The number of alkyl halides is 1. The molecule has 0 bridgehead atoms. The molecule has 0 N–H and O–H groups in total. The minimum atomic E-state index is 0.157. The van der Waals surface area contributed by atoms with E-state index in [1.54, 1.807) is 7.11 Å². The predicted molar refractivity (Wildman–Crippen MR) is 97.0 cm³/mol. The van der Waals surface area contributed by atoms with Gasteiger partial charge in [-0.05, 0) is 63.9 Å². The fourth-order valence-corrected chi connectivity index (χ4v) is 3.90. The largest absolute Gasteiger partial charge is 0.384 e. The van der Waals surface area contributed by atoms with Gasteiger partial charge in [-0.15, -0.1) is 0 Å². The van der Waals surface area contributed by atoms with E-state index in [-0.39, 0.29) is 4.83 Å². The van der Waals surface area contributed by atoms with Crippen LogP contribution in [0.15, 0.2) is 42.5 Å². The molecule has 0 saturated heterocycles. The van der Waals surface area contributed by atoms with Crippen LogP contribution < -0.4 is 0 Å². The molecule has 20 heavy (non-hydrogen) atoms. The average Bonchev–Trinajstić information content (AvgIpc) is 2.47. The summed E-state index contributed by atoms with van der Waals surface area (Å²) in [5.41, 5.74) is 3.71. The van der Waals surface area contributed by atoms with Gasteiger partial charge < -0.3 is 4.74 Å². The summed E-state index contributed by atoms with van der Waals surface area (Å²) in [5.74, 6) is 0. The zero-order chi connectivity index (χ0) is 14.5. The highest BCUT2D eigenvalue weighted by Gasteiger charge is 2.14. The van der Waals surface area contributed by atoms with E-state index in [1.807, 2.05) is 18.2 Å². The number of halogens is 3. The Hall–Kier alpha value is -0.100. The van der Waals surface area contributed by atoms with E-state index in [1.165, 1.54) is 20.3 Å². The van der Waals surface area contributed by atoms with Crippen molar-refractivity contribution in [2.45, 2.75) is 11.2 Å². The molecule has 0 aliphatic rings. The molecular formula is C16H15BrClIO. The molecule has 0 radical (unpaired) electrons. The van der Waals surface area contributed by atoms with E-state index >= 15 is 0 Å². The molecule has 0 fully saturated rings. The van der Waals surface area contributed by atoms with Crippen LogP contribution in [0.1, 0.15) is 21.5 Å². The Morgan fingerprint density at radius 1 is 1.20 bits per heavy atom. The summed E-state index contributed by atoms with van der Waals surface area (Å²) in [6.45, 7) is 0.753. The maximum Gasteiger partial charge on any atom is 0.0655 e. The lowest BCUT2D eigenvalue weighted by atomic mass is 10.0. The normalized spacial score (nSPS) is 12.4. The Labute approximate surface area is 146 Å². The van der Waals surface area contributed by atoms with Crippen LogP contribution in [0.2, 0.25) is 5.02 Å². The van der Waals surface area contributed by atoms with Gasteiger partial charge in [0.15, 0.2) is 0 Å². The quantitative estimate of drug-likeness (QED) is 0.412. The SMILES string of the molecule is COCCc1ccc(C(Br)c2cc(Cl)ccc2I)cc1. The second-order valence-corrected chi connectivity index (χ2v) is 7.03. The van der Waals surface area contributed by atoms with Crippen LogP contribution in [-0.4, -0.2) is 13.7 Å². The maximum absolute atomic E-state index is 6.09. The molecule has 4 heteroatoms. The fraction of sp³-hybridized carbons (Fsp3) is 0.250. The first-order valence-electron chi connectivity index (χ1n) is 6.28.